The fourth-order valence-electron chi connectivity index (χ4n) is 2.96. The van der Waals surface area contributed by atoms with Crippen LogP contribution < -0.4 is 0 Å². The zero-order valence-corrected chi connectivity index (χ0v) is 10.4. The molecule has 2 rings (SSSR count). The topological polar surface area (TPSA) is 43.8 Å². The second kappa shape index (κ2) is 4.00. The third kappa shape index (κ3) is 2.38. The molecule has 0 aliphatic carbocycles. The van der Waals surface area contributed by atoms with E-state index in [9.17, 15) is 4.79 Å². The highest BCUT2D eigenvalue weighted by Gasteiger charge is 2.42. The summed E-state index contributed by atoms with van der Waals surface area (Å²) in [6.45, 7) is 11.2. The lowest BCUT2D eigenvalue weighted by Crippen LogP contribution is -2.42. The third-order valence-electron chi connectivity index (χ3n) is 3.87. The highest BCUT2D eigenvalue weighted by Crippen LogP contribution is 2.34. The molecule has 92 valence electrons. The van der Waals surface area contributed by atoms with Crippen LogP contribution in [0.15, 0.2) is 0 Å². The number of nitrogens with zero attached hydrogens (tertiary/aromatic N) is 2. The van der Waals surface area contributed by atoms with Gasteiger partial charge in [0.1, 0.15) is 0 Å². The van der Waals surface area contributed by atoms with Gasteiger partial charge in [0, 0.05) is 31.7 Å². The Kier molecular flexibility index (Phi) is 2.97. The highest BCUT2D eigenvalue weighted by atomic mass is 16.4. The van der Waals surface area contributed by atoms with Crippen molar-refractivity contribution in [2.45, 2.75) is 26.3 Å². The number of aliphatic carboxylic acids is 1. The second-order valence-corrected chi connectivity index (χ2v) is 6.18. The minimum absolute atomic E-state index is 0.211. The minimum Gasteiger partial charge on any atom is -0.480 e. The van der Waals surface area contributed by atoms with Crippen molar-refractivity contribution < 1.29 is 9.90 Å². The van der Waals surface area contributed by atoms with Gasteiger partial charge in [-0.15, -0.1) is 0 Å². The van der Waals surface area contributed by atoms with E-state index in [1.165, 1.54) is 0 Å². The smallest absolute Gasteiger partial charge is 0.317 e. The molecule has 2 unspecified atom stereocenters. The molecule has 0 aromatic carbocycles. The molecule has 0 aromatic heterocycles. The van der Waals surface area contributed by atoms with Crippen molar-refractivity contribution in [3.05, 3.63) is 0 Å². The maximum absolute atomic E-state index is 10.6. The van der Waals surface area contributed by atoms with E-state index >= 15 is 0 Å². The quantitative estimate of drug-likeness (QED) is 0.754. The Balaban J connectivity index is 1.89. The summed E-state index contributed by atoms with van der Waals surface area (Å²) in [6, 6.07) is 0. The zero-order chi connectivity index (χ0) is 11.9. The lowest BCUT2D eigenvalue weighted by Gasteiger charge is -2.33. The van der Waals surface area contributed by atoms with E-state index in [2.05, 4.69) is 30.6 Å². The zero-order valence-electron chi connectivity index (χ0n) is 10.4. The lowest BCUT2D eigenvalue weighted by atomic mass is 10.0. The Morgan fingerprint density at radius 1 is 1.19 bits per heavy atom. The molecule has 2 atom stereocenters. The molecule has 0 amide bonds. The standard InChI is InChI=1S/C12H22N2O2/c1-12(2,3)14-6-9-4-13(8-11(15)16)5-10(9)7-14/h9-10H,4-8H2,1-3H3,(H,15,16). The SMILES string of the molecule is CC(C)(C)N1CC2CN(CC(=O)O)CC2C1. The van der Waals surface area contributed by atoms with Gasteiger partial charge in [0.25, 0.3) is 0 Å². The summed E-state index contributed by atoms with van der Waals surface area (Å²) in [6.07, 6.45) is 0. The van der Waals surface area contributed by atoms with Gasteiger partial charge in [-0.05, 0) is 32.6 Å². The number of carboxylic acids is 1. The van der Waals surface area contributed by atoms with Crippen molar-refractivity contribution >= 4 is 5.97 Å². The van der Waals surface area contributed by atoms with Gasteiger partial charge in [-0.1, -0.05) is 0 Å². The maximum atomic E-state index is 10.6. The summed E-state index contributed by atoms with van der Waals surface area (Å²) in [5.41, 5.74) is 0.252. The van der Waals surface area contributed by atoms with Gasteiger partial charge < -0.3 is 5.11 Å². The Bertz CT molecular complexity index is 271. The van der Waals surface area contributed by atoms with Crippen molar-refractivity contribution in [3.8, 4) is 0 Å². The normalized spacial score (nSPS) is 31.9. The molecule has 4 nitrogen and oxygen atoms in total. The first-order valence-corrected chi connectivity index (χ1v) is 6.05. The summed E-state index contributed by atoms with van der Waals surface area (Å²) in [5, 5.41) is 8.77. The van der Waals surface area contributed by atoms with Crippen molar-refractivity contribution in [1.29, 1.82) is 0 Å². The molecule has 0 aromatic rings. The van der Waals surface area contributed by atoms with Crippen LogP contribution in [0, 0.1) is 11.8 Å². The minimum atomic E-state index is -0.701. The van der Waals surface area contributed by atoms with Gasteiger partial charge >= 0.3 is 5.97 Å². The first-order chi connectivity index (χ1) is 7.36. The van der Waals surface area contributed by atoms with Crippen molar-refractivity contribution in [2.24, 2.45) is 11.8 Å². The van der Waals surface area contributed by atoms with Gasteiger partial charge in [0.2, 0.25) is 0 Å². The van der Waals surface area contributed by atoms with Gasteiger partial charge in [0.05, 0.1) is 6.54 Å². The number of carbonyl (C=O) groups is 1. The van der Waals surface area contributed by atoms with Crippen LogP contribution in [-0.4, -0.2) is 59.1 Å². The van der Waals surface area contributed by atoms with Crippen LogP contribution >= 0.6 is 0 Å². The van der Waals surface area contributed by atoms with Gasteiger partial charge in [-0.3, -0.25) is 14.6 Å². The van der Waals surface area contributed by atoms with Crippen LogP contribution in [-0.2, 0) is 4.79 Å². The Hall–Kier alpha value is -0.610. The van der Waals surface area contributed by atoms with E-state index in [-0.39, 0.29) is 12.1 Å². The van der Waals surface area contributed by atoms with Gasteiger partial charge in [-0.25, -0.2) is 0 Å². The molecular formula is C12H22N2O2. The average molecular weight is 226 g/mol. The Morgan fingerprint density at radius 2 is 1.69 bits per heavy atom. The van der Waals surface area contributed by atoms with Crippen molar-refractivity contribution in [1.82, 2.24) is 9.80 Å². The molecule has 2 aliphatic heterocycles. The molecular weight excluding hydrogens is 204 g/mol. The van der Waals surface area contributed by atoms with E-state index in [1.807, 2.05) is 0 Å². The summed E-state index contributed by atoms with van der Waals surface area (Å²) in [4.78, 5) is 15.3. The number of likely N-dealkylation sites (tertiary alicyclic amines) is 2. The van der Waals surface area contributed by atoms with Crippen LogP contribution in [0.2, 0.25) is 0 Å². The number of hydrogen-bond acceptors (Lipinski definition) is 3. The Labute approximate surface area is 97.2 Å². The van der Waals surface area contributed by atoms with Crippen molar-refractivity contribution in [2.75, 3.05) is 32.7 Å². The first-order valence-electron chi connectivity index (χ1n) is 6.05. The molecule has 16 heavy (non-hydrogen) atoms. The number of hydrogen-bond donors (Lipinski definition) is 1. The van der Waals surface area contributed by atoms with E-state index in [0.717, 1.165) is 26.2 Å². The molecule has 0 radical (unpaired) electrons. The van der Waals surface area contributed by atoms with Gasteiger partial charge in [0.15, 0.2) is 0 Å². The molecule has 4 heteroatoms. The fourth-order valence-corrected chi connectivity index (χ4v) is 2.96. The molecule has 0 bridgehead atoms. The lowest BCUT2D eigenvalue weighted by molar-refractivity contribution is -0.138. The molecule has 2 heterocycles. The summed E-state index contributed by atoms with van der Waals surface area (Å²) in [5.74, 6) is 0.657. The van der Waals surface area contributed by atoms with E-state index in [1.54, 1.807) is 0 Å². The van der Waals surface area contributed by atoms with Crippen molar-refractivity contribution in [3.63, 3.8) is 0 Å². The molecule has 1 N–H and O–H groups in total. The monoisotopic (exact) mass is 226 g/mol. The van der Waals surface area contributed by atoms with Crippen LogP contribution in [0.3, 0.4) is 0 Å². The van der Waals surface area contributed by atoms with E-state index < -0.39 is 5.97 Å². The summed E-state index contributed by atoms with van der Waals surface area (Å²) in [7, 11) is 0. The largest absolute Gasteiger partial charge is 0.480 e. The van der Waals surface area contributed by atoms with Crippen LogP contribution in [0.5, 0.6) is 0 Å². The molecule has 0 saturated carbocycles. The highest BCUT2D eigenvalue weighted by molar-refractivity contribution is 5.69. The van der Waals surface area contributed by atoms with Crippen LogP contribution in [0.4, 0.5) is 0 Å². The second-order valence-electron chi connectivity index (χ2n) is 6.18. The van der Waals surface area contributed by atoms with E-state index in [4.69, 9.17) is 5.11 Å². The summed E-state index contributed by atoms with van der Waals surface area (Å²) >= 11 is 0. The third-order valence-corrected chi connectivity index (χ3v) is 3.87. The van der Waals surface area contributed by atoms with Crippen LogP contribution in [0.1, 0.15) is 20.8 Å². The fraction of sp³-hybridized carbons (Fsp3) is 0.917. The van der Waals surface area contributed by atoms with Gasteiger partial charge in [-0.2, -0.15) is 0 Å². The molecule has 2 saturated heterocycles. The number of rotatable bonds is 2. The first kappa shape index (κ1) is 11.9. The average Bonchev–Trinajstić information content (AvgIpc) is 2.57. The number of carboxylic acid groups (broad SMARTS) is 1. The number of fused-ring (bicyclic) bond motifs is 1. The maximum Gasteiger partial charge on any atom is 0.317 e. The predicted octanol–water partition coefficient (Wildman–Crippen LogP) is 0.733. The Morgan fingerprint density at radius 3 is 2.06 bits per heavy atom. The molecule has 0 spiro atoms. The summed E-state index contributed by atoms with van der Waals surface area (Å²) < 4.78 is 0. The molecule has 2 aliphatic rings. The molecule has 2 fully saturated rings. The van der Waals surface area contributed by atoms with Crippen LogP contribution in [0.25, 0.3) is 0 Å². The van der Waals surface area contributed by atoms with E-state index in [0.29, 0.717) is 11.8 Å². The predicted molar refractivity (Wildman–Crippen MR) is 62.4 cm³/mol.